The van der Waals surface area contributed by atoms with Gasteiger partial charge in [0.2, 0.25) is 0 Å². The van der Waals surface area contributed by atoms with E-state index in [0.29, 0.717) is 11.3 Å². The summed E-state index contributed by atoms with van der Waals surface area (Å²) in [5, 5.41) is 15.0. The summed E-state index contributed by atoms with van der Waals surface area (Å²) in [5.41, 5.74) is 4.74. The van der Waals surface area contributed by atoms with Gasteiger partial charge >= 0.3 is 0 Å². The number of hydrogen-bond donors (Lipinski definition) is 1. The van der Waals surface area contributed by atoms with E-state index in [1.807, 2.05) is 24.3 Å². The van der Waals surface area contributed by atoms with Crippen LogP contribution in [0.1, 0.15) is 12.5 Å². The first-order valence-corrected chi connectivity index (χ1v) is 7.53. The largest absolute Gasteiger partial charge is 0.321 e. The number of imidazole rings is 1. The van der Waals surface area contributed by atoms with Crippen molar-refractivity contribution < 1.29 is 9.72 Å². The van der Waals surface area contributed by atoms with E-state index in [4.69, 9.17) is 0 Å². The molecule has 3 rings (SSSR count). The molecule has 0 aliphatic carbocycles. The molecular formula is C17H15N5O3. The Kier molecular flexibility index (Phi) is 4.51. The summed E-state index contributed by atoms with van der Waals surface area (Å²) in [7, 11) is 0. The first kappa shape index (κ1) is 16.3. The number of nitrogens with one attached hydrogen (secondary N) is 1. The third kappa shape index (κ3) is 3.52. The number of nitro benzene ring substituents is 1. The lowest BCUT2D eigenvalue weighted by molar-refractivity contribution is -0.385. The van der Waals surface area contributed by atoms with Crippen molar-refractivity contribution in [1.29, 1.82) is 0 Å². The van der Waals surface area contributed by atoms with E-state index >= 15 is 0 Å². The lowest BCUT2D eigenvalue weighted by atomic mass is 10.1. The van der Waals surface area contributed by atoms with Crippen molar-refractivity contribution in [3.8, 4) is 0 Å². The summed E-state index contributed by atoms with van der Waals surface area (Å²) in [5.74, 6) is -0.346. The smallest absolute Gasteiger partial charge is 0.278 e. The Morgan fingerprint density at radius 1 is 1.24 bits per heavy atom. The van der Waals surface area contributed by atoms with Crippen molar-refractivity contribution in [2.75, 3.05) is 0 Å². The van der Waals surface area contributed by atoms with Crippen LogP contribution in [0.4, 0.5) is 5.69 Å². The normalized spacial score (nSPS) is 11.5. The summed E-state index contributed by atoms with van der Waals surface area (Å²) in [6.07, 6.45) is 1.59. The lowest BCUT2D eigenvalue weighted by Gasteiger charge is -2.05. The van der Waals surface area contributed by atoms with E-state index in [-0.39, 0.29) is 18.1 Å². The Morgan fingerprint density at radius 3 is 2.76 bits per heavy atom. The molecule has 0 spiro atoms. The van der Waals surface area contributed by atoms with E-state index < -0.39 is 4.92 Å². The SMILES string of the molecule is C/C(=N/NC(=O)Cn1cnc2ccccc21)c1ccccc1[N+](=O)[O-]. The second kappa shape index (κ2) is 6.91. The second-order valence-corrected chi connectivity index (χ2v) is 5.37. The molecule has 3 aromatic rings. The van der Waals surface area contributed by atoms with E-state index in [2.05, 4.69) is 15.5 Å². The molecule has 8 heteroatoms. The Labute approximate surface area is 142 Å². The summed E-state index contributed by atoms with van der Waals surface area (Å²) < 4.78 is 1.71. The fraction of sp³-hybridized carbons (Fsp3) is 0.118. The molecule has 0 radical (unpaired) electrons. The highest BCUT2D eigenvalue weighted by Gasteiger charge is 2.15. The number of fused-ring (bicyclic) bond motifs is 1. The van der Waals surface area contributed by atoms with Crippen LogP contribution >= 0.6 is 0 Å². The highest BCUT2D eigenvalue weighted by Crippen LogP contribution is 2.18. The third-order valence-corrected chi connectivity index (χ3v) is 3.68. The van der Waals surface area contributed by atoms with Crippen LogP contribution in [0.15, 0.2) is 60.0 Å². The van der Waals surface area contributed by atoms with E-state index in [1.54, 1.807) is 36.0 Å². The number of hydrazone groups is 1. The van der Waals surface area contributed by atoms with Crippen molar-refractivity contribution in [3.05, 3.63) is 70.5 Å². The van der Waals surface area contributed by atoms with Gasteiger partial charge in [0.05, 0.1) is 33.6 Å². The number of amides is 1. The molecule has 8 nitrogen and oxygen atoms in total. The van der Waals surface area contributed by atoms with Gasteiger partial charge in [-0.2, -0.15) is 5.10 Å². The number of hydrogen-bond acceptors (Lipinski definition) is 5. The minimum atomic E-state index is -0.478. The number of nitro groups is 1. The summed E-state index contributed by atoms with van der Waals surface area (Å²) in [4.78, 5) is 26.9. The van der Waals surface area contributed by atoms with Crippen LogP contribution in [0, 0.1) is 10.1 Å². The molecule has 0 aliphatic heterocycles. The molecular weight excluding hydrogens is 322 g/mol. The molecule has 1 aromatic heterocycles. The van der Waals surface area contributed by atoms with Gasteiger partial charge in [-0.15, -0.1) is 0 Å². The number of carbonyl (C=O) groups is 1. The number of carbonyl (C=O) groups excluding carboxylic acids is 1. The van der Waals surface area contributed by atoms with Crippen molar-refractivity contribution in [1.82, 2.24) is 15.0 Å². The number of para-hydroxylation sites is 3. The Hall–Kier alpha value is -3.55. The van der Waals surface area contributed by atoms with Gasteiger partial charge < -0.3 is 4.57 Å². The highest BCUT2D eigenvalue weighted by atomic mass is 16.6. The predicted octanol–water partition coefficient (Wildman–Crippen LogP) is 2.48. The van der Waals surface area contributed by atoms with Crippen molar-refractivity contribution in [2.24, 2.45) is 5.10 Å². The Bertz CT molecular complexity index is 977. The highest BCUT2D eigenvalue weighted by molar-refractivity contribution is 6.02. The van der Waals surface area contributed by atoms with Crippen LogP contribution in [0.2, 0.25) is 0 Å². The number of nitrogens with zero attached hydrogens (tertiary/aromatic N) is 4. The predicted molar refractivity (Wildman–Crippen MR) is 93.2 cm³/mol. The minimum absolute atomic E-state index is 0.0498. The second-order valence-electron chi connectivity index (χ2n) is 5.37. The molecule has 1 N–H and O–H groups in total. The van der Waals surface area contributed by atoms with Crippen LogP contribution in [0.3, 0.4) is 0 Å². The van der Waals surface area contributed by atoms with E-state index in [9.17, 15) is 14.9 Å². The van der Waals surface area contributed by atoms with E-state index in [1.165, 1.54) is 6.07 Å². The monoisotopic (exact) mass is 337 g/mol. The number of benzene rings is 2. The molecule has 0 saturated carbocycles. The van der Waals surface area contributed by atoms with Crippen LogP contribution in [-0.4, -0.2) is 26.1 Å². The van der Waals surface area contributed by atoms with Crippen LogP contribution in [0.5, 0.6) is 0 Å². The quantitative estimate of drug-likeness (QED) is 0.439. The van der Waals surface area contributed by atoms with Gasteiger partial charge in [0.15, 0.2) is 0 Å². The fourth-order valence-electron chi connectivity index (χ4n) is 2.47. The Morgan fingerprint density at radius 2 is 1.96 bits per heavy atom. The Balaban J connectivity index is 1.73. The zero-order chi connectivity index (χ0) is 17.8. The molecule has 126 valence electrons. The molecule has 0 fully saturated rings. The van der Waals surface area contributed by atoms with Crippen LogP contribution in [-0.2, 0) is 11.3 Å². The first-order valence-electron chi connectivity index (χ1n) is 7.53. The summed E-state index contributed by atoms with van der Waals surface area (Å²) in [6.45, 7) is 1.66. The maximum Gasteiger partial charge on any atom is 0.278 e. The molecule has 0 atom stereocenters. The van der Waals surface area contributed by atoms with Gasteiger partial charge in [0, 0.05) is 6.07 Å². The standard InChI is InChI=1S/C17H15N5O3/c1-12(13-6-2-4-8-15(13)22(24)25)19-20-17(23)10-21-11-18-14-7-3-5-9-16(14)21/h2-9,11H,10H2,1H3,(H,20,23)/b19-12-. The third-order valence-electron chi connectivity index (χ3n) is 3.68. The topological polar surface area (TPSA) is 102 Å². The molecule has 1 heterocycles. The average molecular weight is 337 g/mol. The maximum atomic E-state index is 12.1. The molecule has 1 amide bonds. The van der Waals surface area contributed by atoms with Crippen molar-refractivity contribution in [2.45, 2.75) is 13.5 Å². The minimum Gasteiger partial charge on any atom is -0.321 e. The van der Waals surface area contributed by atoms with Crippen LogP contribution in [0.25, 0.3) is 11.0 Å². The number of aromatic nitrogens is 2. The van der Waals surface area contributed by atoms with Gasteiger partial charge in [-0.3, -0.25) is 14.9 Å². The van der Waals surface area contributed by atoms with Crippen molar-refractivity contribution in [3.63, 3.8) is 0 Å². The van der Waals surface area contributed by atoms with Crippen LogP contribution < -0.4 is 5.43 Å². The lowest BCUT2D eigenvalue weighted by Crippen LogP contribution is -2.24. The fourth-order valence-corrected chi connectivity index (χ4v) is 2.47. The summed E-state index contributed by atoms with van der Waals surface area (Å²) >= 11 is 0. The zero-order valence-electron chi connectivity index (χ0n) is 13.4. The molecule has 0 bridgehead atoms. The van der Waals surface area contributed by atoms with Gasteiger partial charge in [0.25, 0.3) is 11.6 Å². The van der Waals surface area contributed by atoms with Gasteiger partial charge in [-0.1, -0.05) is 24.3 Å². The molecule has 0 saturated heterocycles. The number of rotatable bonds is 5. The maximum absolute atomic E-state index is 12.1. The average Bonchev–Trinajstić information content (AvgIpc) is 3.02. The van der Waals surface area contributed by atoms with E-state index in [0.717, 1.165) is 11.0 Å². The van der Waals surface area contributed by atoms with Gasteiger partial charge in [0.1, 0.15) is 6.54 Å². The summed E-state index contributed by atoms with van der Waals surface area (Å²) in [6, 6.07) is 13.7. The molecule has 0 aliphatic rings. The van der Waals surface area contributed by atoms with Gasteiger partial charge in [-0.05, 0) is 25.1 Å². The van der Waals surface area contributed by atoms with Gasteiger partial charge in [-0.25, -0.2) is 10.4 Å². The first-order chi connectivity index (χ1) is 12.1. The molecule has 0 unspecified atom stereocenters. The van der Waals surface area contributed by atoms with Crippen molar-refractivity contribution >= 4 is 28.3 Å². The molecule has 2 aromatic carbocycles. The molecule has 25 heavy (non-hydrogen) atoms. The zero-order valence-corrected chi connectivity index (χ0v) is 13.4.